The lowest BCUT2D eigenvalue weighted by Gasteiger charge is -2.27. The lowest BCUT2D eigenvalue weighted by Crippen LogP contribution is -2.46. The fourth-order valence-electron chi connectivity index (χ4n) is 4.60. The fraction of sp³-hybridized carbons (Fsp3) is 0.407. The van der Waals surface area contributed by atoms with Crippen molar-refractivity contribution >= 4 is 5.91 Å². The van der Waals surface area contributed by atoms with Crippen LogP contribution in [0.15, 0.2) is 54.7 Å². The minimum Gasteiger partial charge on any atom is -0.336 e. The van der Waals surface area contributed by atoms with Gasteiger partial charge in [-0.2, -0.15) is 5.10 Å². The maximum absolute atomic E-state index is 12.8. The molecule has 3 aromatic rings. The monoisotopic (exact) mass is 430 g/mol. The van der Waals surface area contributed by atoms with E-state index in [0.29, 0.717) is 5.92 Å². The average molecular weight is 431 g/mol. The van der Waals surface area contributed by atoms with Crippen molar-refractivity contribution in [3.8, 4) is 16.8 Å². The zero-order valence-corrected chi connectivity index (χ0v) is 19.5. The Balaban J connectivity index is 1.65. The van der Waals surface area contributed by atoms with Crippen molar-refractivity contribution in [3.05, 3.63) is 71.5 Å². The Kier molecular flexibility index (Phi) is 7.05. The number of carbonyl (C=O) groups is 1. The molecule has 1 saturated heterocycles. The lowest BCUT2D eigenvalue weighted by atomic mass is 9.89. The number of nitrogens with zero attached hydrogens (tertiary/aromatic N) is 3. The molecule has 0 radical (unpaired) electrons. The fourth-order valence-corrected chi connectivity index (χ4v) is 4.60. The number of rotatable bonds is 7. The SMILES string of the molecule is CCCC(CC)c1ccc(-c2ccc(C(=O)N3CCNCC3)cc2)cc1-n1ccc(C)n1. The van der Waals surface area contributed by atoms with Crippen LogP contribution in [0.2, 0.25) is 0 Å². The first kappa shape index (κ1) is 22.3. The van der Waals surface area contributed by atoms with Crippen molar-refractivity contribution in [2.24, 2.45) is 0 Å². The van der Waals surface area contributed by atoms with Gasteiger partial charge in [-0.3, -0.25) is 4.79 Å². The van der Waals surface area contributed by atoms with Gasteiger partial charge in [-0.1, -0.05) is 44.5 Å². The van der Waals surface area contributed by atoms with Gasteiger partial charge in [0.05, 0.1) is 11.4 Å². The maximum atomic E-state index is 12.8. The molecular formula is C27H34N4O. The zero-order valence-electron chi connectivity index (χ0n) is 19.5. The van der Waals surface area contributed by atoms with Crippen molar-refractivity contribution in [1.29, 1.82) is 0 Å². The second-order valence-electron chi connectivity index (χ2n) is 8.69. The number of hydrogen-bond acceptors (Lipinski definition) is 3. The molecule has 1 atom stereocenters. The molecule has 4 rings (SSSR count). The number of carbonyl (C=O) groups excluding carboxylic acids is 1. The molecule has 1 aliphatic heterocycles. The van der Waals surface area contributed by atoms with Crippen molar-refractivity contribution in [2.75, 3.05) is 26.2 Å². The second-order valence-corrected chi connectivity index (χ2v) is 8.69. The van der Waals surface area contributed by atoms with Gasteiger partial charge in [0.2, 0.25) is 0 Å². The van der Waals surface area contributed by atoms with E-state index >= 15 is 0 Å². The van der Waals surface area contributed by atoms with E-state index in [9.17, 15) is 4.79 Å². The van der Waals surface area contributed by atoms with Gasteiger partial charge >= 0.3 is 0 Å². The number of aromatic nitrogens is 2. The summed E-state index contributed by atoms with van der Waals surface area (Å²) in [4.78, 5) is 14.7. The maximum Gasteiger partial charge on any atom is 0.253 e. The third kappa shape index (κ3) is 4.78. The van der Waals surface area contributed by atoms with E-state index in [1.807, 2.05) is 40.9 Å². The first-order chi connectivity index (χ1) is 15.6. The van der Waals surface area contributed by atoms with Crippen LogP contribution in [0.1, 0.15) is 60.6 Å². The molecule has 1 N–H and O–H groups in total. The van der Waals surface area contributed by atoms with Crippen molar-refractivity contribution in [1.82, 2.24) is 20.0 Å². The third-order valence-electron chi connectivity index (χ3n) is 6.44. The Morgan fingerprint density at radius 2 is 1.75 bits per heavy atom. The second kappa shape index (κ2) is 10.1. The summed E-state index contributed by atoms with van der Waals surface area (Å²) in [5.74, 6) is 0.638. The Hall–Kier alpha value is -2.92. The molecular weight excluding hydrogens is 396 g/mol. The van der Waals surface area contributed by atoms with Crippen molar-refractivity contribution in [3.63, 3.8) is 0 Å². The summed E-state index contributed by atoms with van der Waals surface area (Å²) in [7, 11) is 0. The highest BCUT2D eigenvalue weighted by molar-refractivity contribution is 5.94. The lowest BCUT2D eigenvalue weighted by molar-refractivity contribution is 0.0736. The molecule has 1 fully saturated rings. The first-order valence-electron chi connectivity index (χ1n) is 11.9. The van der Waals surface area contributed by atoms with E-state index in [-0.39, 0.29) is 5.91 Å². The number of piperazine rings is 1. The van der Waals surface area contributed by atoms with Gasteiger partial charge in [-0.05, 0) is 66.6 Å². The highest BCUT2D eigenvalue weighted by Crippen LogP contribution is 2.33. The molecule has 5 nitrogen and oxygen atoms in total. The topological polar surface area (TPSA) is 50.2 Å². The van der Waals surface area contributed by atoms with Gasteiger partial charge in [0.15, 0.2) is 0 Å². The van der Waals surface area contributed by atoms with Crippen LogP contribution in [-0.4, -0.2) is 46.8 Å². The number of aryl methyl sites for hydroxylation is 1. The van der Waals surface area contributed by atoms with Gasteiger partial charge in [-0.15, -0.1) is 0 Å². The minimum absolute atomic E-state index is 0.117. The number of hydrogen-bond donors (Lipinski definition) is 1. The van der Waals surface area contributed by atoms with Gasteiger partial charge in [-0.25, -0.2) is 4.68 Å². The van der Waals surface area contributed by atoms with Crippen LogP contribution in [0.5, 0.6) is 0 Å². The summed E-state index contributed by atoms with van der Waals surface area (Å²) in [5.41, 5.74) is 6.53. The molecule has 0 bridgehead atoms. The Labute approximate surface area is 191 Å². The van der Waals surface area contributed by atoms with Crippen LogP contribution >= 0.6 is 0 Å². The average Bonchev–Trinajstić information content (AvgIpc) is 3.28. The van der Waals surface area contributed by atoms with Crippen LogP contribution < -0.4 is 5.32 Å². The van der Waals surface area contributed by atoms with E-state index in [1.54, 1.807) is 0 Å². The summed E-state index contributed by atoms with van der Waals surface area (Å²) in [6.45, 7) is 9.80. The van der Waals surface area contributed by atoms with Crippen LogP contribution in [0, 0.1) is 6.92 Å². The quantitative estimate of drug-likeness (QED) is 0.561. The van der Waals surface area contributed by atoms with E-state index < -0.39 is 0 Å². The minimum atomic E-state index is 0.117. The summed E-state index contributed by atoms with van der Waals surface area (Å²) < 4.78 is 2.01. The molecule has 1 amide bonds. The van der Waals surface area contributed by atoms with Gasteiger partial charge in [0.25, 0.3) is 5.91 Å². The Morgan fingerprint density at radius 3 is 2.38 bits per heavy atom. The summed E-state index contributed by atoms with van der Waals surface area (Å²) in [5, 5.41) is 8.00. The highest BCUT2D eigenvalue weighted by atomic mass is 16.2. The van der Waals surface area contributed by atoms with Gasteiger partial charge in [0, 0.05) is 37.9 Å². The molecule has 2 heterocycles. The number of benzene rings is 2. The smallest absolute Gasteiger partial charge is 0.253 e. The zero-order chi connectivity index (χ0) is 22.5. The van der Waals surface area contributed by atoms with E-state index in [1.165, 1.54) is 18.4 Å². The summed E-state index contributed by atoms with van der Waals surface area (Å²) in [6, 6.07) is 16.8. The molecule has 1 aliphatic rings. The Bertz CT molecular complexity index is 1050. The summed E-state index contributed by atoms with van der Waals surface area (Å²) in [6.07, 6.45) is 5.50. The molecule has 168 valence electrons. The number of nitrogens with one attached hydrogen (secondary N) is 1. The van der Waals surface area contributed by atoms with Gasteiger partial charge in [0.1, 0.15) is 0 Å². The van der Waals surface area contributed by atoms with Crippen LogP contribution in [-0.2, 0) is 0 Å². The molecule has 2 aromatic carbocycles. The molecule has 0 aliphatic carbocycles. The number of amides is 1. The molecule has 32 heavy (non-hydrogen) atoms. The first-order valence-corrected chi connectivity index (χ1v) is 11.9. The molecule has 1 aromatic heterocycles. The van der Waals surface area contributed by atoms with Crippen LogP contribution in [0.3, 0.4) is 0 Å². The predicted molar refractivity (Wildman–Crippen MR) is 130 cm³/mol. The van der Waals surface area contributed by atoms with Crippen molar-refractivity contribution < 1.29 is 4.79 Å². The normalized spacial score (nSPS) is 15.0. The third-order valence-corrected chi connectivity index (χ3v) is 6.44. The predicted octanol–water partition coefficient (Wildman–Crippen LogP) is 5.19. The molecule has 1 unspecified atom stereocenters. The standard InChI is InChI=1S/C27H34N4O/c1-4-6-21(5-2)25-12-11-24(19-26(25)31-16-13-20(3)29-31)22-7-9-23(10-8-22)27(32)30-17-14-28-15-18-30/h7-13,16,19,21,28H,4-6,14-15,17-18H2,1-3H3. The van der Waals surface area contributed by atoms with E-state index in [4.69, 9.17) is 5.10 Å². The molecule has 5 heteroatoms. The largest absolute Gasteiger partial charge is 0.336 e. The van der Waals surface area contributed by atoms with Crippen LogP contribution in [0.4, 0.5) is 0 Å². The molecule has 0 spiro atoms. The molecule has 0 saturated carbocycles. The van der Waals surface area contributed by atoms with Crippen molar-refractivity contribution in [2.45, 2.75) is 46.0 Å². The van der Waals surface area contributed by atoms with E-state index in [0.717, 1.165) is 60.7 Å². The van der Waals surface area contributed by atoms with Crippen LogP contribution in [0.25, 0.3) is 16.8 Å². The summed E-state index contributed by atoms with van der Waals surface area (Å²) >= 11 is 0. The van der Waals surface area contributed by atoms with Gasteiger partial charge < -0.3 is 10.2 Å². The van der Waals surface area contributed by atoms with E-state index in [2.05, 4.69) is 49.5 Å². The highest BCUT2D eigenvalue weighted by Gasteiger charge is 2.19. The Morgan fingerprint density at radius 1 is 1.03 bits per heavy atom.